The van der Waals surface area contributed by atoms with Gasteiger partial charge in [-0.25, -0.2) is 0 Å². The lowest BCUT2D eigenvalue weighted by atomic mass is 9.79. The molecule has 0 saturated heterocycles. The van der Waals surface area contributed by atoms with Gasteiger partial charge in [0.15, 0.2) is 0 Å². The molecule has 9 aromatic carbocycles. The Hall–Kier alpha value is -7.42. The molecule has 12 rings (SSSR count). The second-order valence-electron chi connectivity index (χ2n) is 17.5. The largest absolute Gasteiger partial charge is 0.456 e. The Bertz CT molecular complexity index is 3470. The Kier molecular flexibility index (Phi) is 8.44. The monoisotopic (exact) mass is 796 g/mol. The van der Waals surface area contributed by atoms with Crippen molar-refractivity contribution in [1.82, 2.24) is 0 Å². The van der Waals surface area contributed by atoms with E-state index in [4.69, 9.17) is 8.83 Å². The van der Waals surface area contributed by atoms with Gasteiger partial charge in [-0.3, -0.25) is 0 Å². The minimum Gasteiger partial charge on any atom is -0.456 e. The Morgan fingerprint density at radius 3 is 1.58 bits per heavy atom. The van der Waals surface area contributed by atoms with Gasteiger partial charge in [0.1, 0.15) is 22.3 Å². The predicted molar refractivity (Wildman–Crippen MR) is 258 cm³/mol. The van der Waals surface area contributed by atoms with E-state index in [1.54, 1.807) is 0 Å². The molecule has 2 heteroatoms. The summed E-state index contributed by atoms with van der Waals surface area (Å²) in [6, 6.07) is 72.9. The summed E-state index contributed by atoms with van der Waals surface area (Å²) in [5, 5.41) is 4.65. The van der Waals surface area contributed by atoms with Gasteiger partial charge in [-0.2, -0.15) is 0 Å². The molecule has 2 nitrogen and oxygen atoms in total. The van der Waals surface area contributed by atoms with Crippen molar-refractivity contribution in [1.29, 1.82) is 0 Å². The molecule has 1 aliphatic rings. The summed E-state index contributed by atoms with van der Waals surface area (Å²) in [7, 11) is 0. The zero-order valence-corrected chi connectivity index (χ0v) is 34.9. The average Bonchev–Trinajstić information content (AvgIpc) is 3.97. The maximum absolute atomic E-state index is 6.67. The molecule has 2 heterocycles. The minimum absolute atomic E-state index is 0.0664. The number of aryl methyl sites for hydroxylation is 1. The van der Waals surface area contributed by atoms with Gasteiger partial charge in [0, 0.05) is 44.0 Å². The van der Waals surface area contributed by atoms with Crippen LogP contribution >= 0.6 is 0 Å². The van der Waals surface area contributed by atoms with Crippen LogP contribution in [0.15, 0.2) is 209 Å². The maximum atomic E-state index is 6.67. The van der Waals surface area contributed by atoms with Crippen LogP contribution in [0, 0.1) is 0 Å². The molecule has 0 N–H and O–H groups in total. The molecule has 296 valence electrons. The molecule has 0 saturated carbocycles. The lowest BCUT2D eigenvalue weighted by Gasteiger charge is -2.24. The van der Waals surface area contributed by atoms with Crippen LogP contribution < -0.4 is 0 Å². The van der Waals surface area contributed by atoms with Crippen molar-refractivity contribution in [2.75, 3.05) is 0 Å². The fraction of sp³-hybridized carbons (Fsp3) is 0.100. The highest BCUT2D eigenvalue weighted by Gasteiger charge is 2.36. The van der Waals surface area contributed by atoms with E-state index >= 15 is 0 Å². The normalized spacial score (nSPS) is 13.5. The SMILES string of the molecule is CC1(C)c2ccccc2-c2ccc(C(CCc3ccc(-c4ccc(-c5ccc(-c6cccc7c6oc6ccccc67)cc5)cc4)cc3)c3cccc4c3oc3ccccc34)cc21. The quantitative estimate of drug-likeness (QED) is 0.153. The molecule has 2 aromatic heterocycles. The number of hydrogen-bond donors (Lipinski definition) is 0. The number of fused-ring (bicyclic) bond motifs is 9. The van der Waals surface area contributed by atoms with Crippen molar-refractivity contribution in [3.63, 3.8) is 0 Å². The molecule has 0 fully saturated rings. The van der Waals surface area contributed by atoms with Crippen molar-refractivity contribution in [3.05, 3.63) is 228 Å². The van der Waals surface area contributed by atoms with Crippen LogP contribution in [0.5, 0.6) is 0 Å². The molecular formula is C60H44O2. The van der Waals surface area contributed by atoms with Crippen LogP contribution in [0.2, 0.25) is 0 Å². The summed E-state index contributed by atoms with van der Waals surface area (Å²) >= 11 is 0. The Balaban J connectivity index is 0.808. The lowest BCUT2D eigenvalue weighted by Crippen LogP contribution is -2.15. The smallest absolute Gasteiger partial charge is 0.143 e. The molecule has 1 aliphatic carbocycles. The maximum Gasteiger partial charge on any atom is 0.143 e. The van der Waals surface area contributed by atoms with E-state index in [1.165, 1.54) is 72.0 Å². The van der Waals surface area contributed by atoms with Gasteiger partial charge >= 0.3 is 0 Å². The van der Waals surface area contributed by atoms with Crippen LogP contribution in [0.3, 0.4) is 0 Å². The number of hydrogen-bond acceptors (Lipinski definition) is 2. The zero-order valence-electron chi connectivity index (χ0n) is 34.9. The van der Waals surface area contributed by atoms with Crippen LogP contribution in [-0.2, 0) is 11.8 Å². The first-order valence-corrected chi connectivity index (χ1v) is 21.8. The summed E-state index contributed by atoms with van der Waals surface area (Å²) in [5.41, 5.74) is 20.3. The first kappa shape index (κ1) is 36.4. The topological polar surface area (TPSA) is 26.3 Å². The third-order valence-corrected chi connectivity index (χ3v) is 13.6. The van der Waals surface area contributed by atoms with Crippen LogP contribution in [0.4, 0.5) is 0 Å². The third-order valence-electron chi connectivity index (χ3n) is 13.6. The van der Waals surface area contributed by atoms with Gasteiger partial charge < -0.3 is 8.83 Å². The summed E-state index contributed by atoms with van der Waals surface area (Å²) in [5.74, 6) is 0.157. The molecule has 0 spiro atoms. The molecule has 1 atom stereocenters. The predicted octanol–water partition coefficient (Wildman–Crippen LogP) is 16.6. The second-order valence-corrected chi connectivity index (χ2v) is 17.5. The molecule has 1 unspecified atom stereocenters. The fourth-order valence-corrected chi connectivity index (χ4v) is 10.3. The molecule has 62 heavy (non-hydrogen) atoms. The Morgan fingerprint density at radius 1 is 0.403 bits per heavy atom. The van der Waals surface area contributed by atoms with E-state index in [9.17, 15) is 0 Å². The average molecular weight is 797 g/mol. The van der Waals surface area contributed by atoms with E-state index in [2.05, 4.69) is 202 Å². The molecule has 0 amide bonds. The van der Waals surface area contributed by atoms with Crippen molar-refractivity contribution in [2.45, 2.75) is 38.0 Å². The minimum atomic E-state index is -0.0664. The van der Waals surface area contributed by atoms with Gasteiger partial charge in [0.2, 0.25) is 0 Å². The van der Waals surface area contributed by atoms with Crippen molar-refractivity contribution < 1.29 is 8.83 Å². The number of benzene rings is 9. The van der Waals surface area contributed by atoms with E-state index in [1.807, 2.05) is 12.1 Å². The molecule has 0 aliphatic heterocycles. The van der Waals surface area contributed by atoms with Gasteiger partial charge in [0.25, 0.3) is 0 Å². The fourth-order valence-electron chi connectivity index (χ4n) is 10.3. The molecule has 11 aromatic rings. The van der Waals surface area contributed by atoms with Gasteiger partial charge in [-0.15, -0.1) is 0 Å². The standard InChI is InChI=1S/C60H44O2/c1-60(2)54-18-6-3-11-47(54)48-36-34-44(37-55(48)60)45(51-15-10-17-53-50-13-5-8-20-57(50)62-59(51)53)35-23-38-21-24-39(25-22-38)40-26-28-41(29-27-40)42-30-32-43(33-31-42)46-14-9-16-52-49-12-4-7-19-56(49)61-58(46)52/h3-22,24-34,36-37,45H,23,35H2,1-2H3. The summed E-state index contributed by atoms with van der Waals surface area (Å²) in [6.07, 6.45) is 1.91. The summed E-state index contributed by atoms with van der Waals surface area (Å²) in [6.45, 7) is 4.74. The van der Waals surface area contributed by atoms with Crippen LogP contribution in [0.25, 0.3) is 88.4 Å². The number of furan rings is 2. The van der Waals surface area contributed by atoms with Crippen LogP contribution in [-0.4, -0.2) is 0 Å². The first-order valence-electron chi connectivity index (χ1n) is 21.8. The zero-order chi connectivity index (χ0) is 41.4. The van der Waals surface area contributed by atoms with Crippen molar-refractivity contribution >= 4 is 43.9 Å². The summed E-state index contributed by atoms with van der Waals surface area (Å²) < 4.78 is 13.0. The van der Waals surface area contributed by atoms with Crippen molar-refractivity contribution in [3.8, 4) is 44.5 Å². The highest BCUT2D eigenvalue weighted by atomic mass is 16.3. The van der Waals surface area contributed by atoms with Gasteiger partial charge in [-0.05, 0) is 86.2 Å². The molecule has 0 radical (unpaired) electrons. The Labute approximate surface area is 361 Å². The number of para-hydroxylation sites is 4. The van der Waals surface area contributed by atoms with E-state index < -0.39 is 0 Å². The van der Waals surface area contributed by atoms with Crippen molar-refractivity contribution in [2.24, 2.45) is 0 Å². The molecule has 0 bridgehead atoms. The second kappa shape index (κ2) is 14.4. The van der Waals surface area contributed by atoms with E-state index in [0.29, 0.717) is 0 Å². The third kappa shape index (κ3) is 5.93. The van der Waals surface area contributed by atoms with E-state index in [-0.39, 0.29) is 11.3 Å². The lowest BCUT2D eigenvalue weighted by molar-refractivity contribution is 0.640. The van der Waals surface area contributed by atoms with E-state index in [0.717, 1.165) is 57.1 Å². The number of rotatable bonds is 8. The highest BCUT2D eigenvalue weighted by Crippen LogP contribution is 2.50. The first-order chi connectivity index (χ1) is 30.5. The highest BCUT2D eigenvalue weighted by molar-refractivity contribution is 6.09. The molecular weight excluding hydrogens is 753 g/mol. The van der Waals surface area contributed by atoms with Gasteiger partial charge in [-0.1, -0.05) is 202 Å². The summed E-state index contributed by atoms with van der Waals surface area (Å²) in [4.78, 5) is 0. The Morgan fingerprint density at radius 2 is 0.903 bits per heavy atom. The van der Waals surface area contributed by atoms with Crippen LogP contribution in [0.1, 0.15) is 54.0 Å². The van der Waals surface area contributed by atoms with Gasteiger partial charge in [0.05, 0.1) is 0 Å².